The Balaban J connectivity index is 1.23. The van der Waals surface area contributed by atoms with Crippen molar-refractivity contribution in [2.75, 3.05) is 17.8 Å². The number of benzene rings is 3. The van der Waals surface area contributed by atoms with E-state index in [1.54, 1.807) is 18.2 Å². The van der Waals surface area contributed by atoms with E-state index in [0.717, 1.165) is 5.92 Å². The number of nitrogens with one attached hydrogen (secondary N) is 3. The number of hydrogen-bond acceptors (Lipinski definition) is 6. The average Bonchev–Trinajstić information content (AvgIpc) is 3.37. The Morgan fingerprint density at radius 3 is 2.58 bits per heavy atom. The molecule has 0 bridgehead atoms. The third kappa shape index (κ3) is 5.59. The van der Waals surface area contributed by atoms with Crippen molar-refractivity contribution < 1.29 is 18.7 Å². The first-order valence-corrected chi connectivity index (χ1v) is 13.1. The number of fused-ring (bicyclic) bond motifs is 1. The predicted molar refractivity (Wildman–Crippen MR) is 147 cm³/mol. The van der Waals surface area contributed by atoms with Gasteiger partial charge in [-0.25, -0.2) is 4.39 Å². The summed E-state index contributed by atoms with van der Waals surface area (Å²) in [6.07, 6.45) is 7.46. The molecule has 0 saturated heterocycles. The number of ether oxygens (including phenoxy) is 2. The Labute approximate surface area is 222 Å². The van der Waals surface area contributed by atoms with Crippen molar-refractivity contribution in [2.45, 2.75) is 51.4 Å². The number of nitrogens with two attached hydrogens (primary N) is 1. The second-order valence-electron chi connectivity index (χ2n) is 10.2. The van der Waals surface area contributed by atoms with Crippen LogP contribution >= 0.6 is 0 Å². The van der Waals surface area contributed by atoms with E-state index in [9.17, 15) is 9.18 Å². The molecule has 1 aliphatic heterocycles. The Kier molecular flexibility index (Phi) is 7.49. The Hall–Kier alpha value is -4.07. The number of hydrogen-bond donors (Lipinski definition) is 4. The zero-order valence-corrected chi connectivity index (χ0v) is 21.5. The van der Waals surface area contributed by atoms with Gasteiger partial charge < -0.3 is 25.8 Å². The van der Waals surface area contributed by atoms with Crippen LogP contribution in [-0.2, 0) is 0 Å². The van der Waals surface area contributed by atoms with Crippen molar-refractivity contribution in [3.05, 3.63) is 77.1 Å². The van der Waals surface area contributed by atoms with Gasteiger partial charge in [0.25, 0.3) is 5.91 Å². The van der Waals surface area contributed by atoms with Gasteiger partial charge >= 0.3 is 0 Å². The molecule has 1 heterocycles. The lowest BCUT2D eigenvalue weighted by atomic mass is 9.82. The number of carbonyl (C=O) groups is 1. The molecule has 5 N–H and O–H groups in total. The van der Waals surface area contributed by atoms with E-state index < -0.39 is 5.82 Å². The maximum Gasteiger partial charge on any atom is 0.256 e. The molecule has 5 rings (SSSR count). The highest BCUT2D eigenvalue weighted by atomic mass is 19.1. The number of rotatable bonds is 5. The predicted octanol–water partition coefficient (Wildman–Crippen LogP) is 6.71. The molecule has 1 amide bonds. The fourth-order valence-corrected chi connectivity index (χ4v) is 5.23. The van der Waals surface area contributed by atoms with E-state index in [2.05, 4.69) is 17.6 Å². The van der Waals surface area contributed by atoms with Crippen molar-refractivity contribution >= 4 is 28.8 Å². The number of carbonyl (C=O) groups excluding carboxylic acids is 1. The van der Waals surface area contributed by atoms with E-state index in [1.165, 1.54) is 56.2 Å². The van der Waals surface area contributed by atoms with Gasteiger partial charge in [0, 0.05) is 22.5 Å². The molecule has 1 fully saturated rings. The quantitative estimate of drug-likeness (QED) is 0.171. The standard InChI is InChI=1S/C30H33FN4O3/c1-18-4-2-3-5-19(7-6-18)20-8-10-21(11-9-20)30(36)35-29(33)23-13-12-22(16-25(23)32)34-27-24(31)14-15-26-28(27)38-17-37-26/h8-16,18-19,34H,2-7,17,32H2,1H3,(H2,33,35,36). The lowest BCUT2D eigenvalue weighted by Crippen LogP contribution is -2.31. The second-order valence-corrected chi connectivity index (χ2v) is 10.2. The summed E-state index contributed by atoms with van der Waals surface area (Å²) in [5.74, 6) is 1.08. The average molecular weight is 517 g/mol. The number of halogens is 1. The molecule has 7 nitrogen and oxygen atoms in total. The van der Waals surface area contributed by atoms with Crippen molar-refractivity contribution in [3.8, 4) is 11.5 Å². The van der Waals surface area contributed by atoms with Crippen LogP contribution in [0.3, 0.4) is 0 Å². The Morgan fingerprint density at radius 1 is 1.00 bits per heavy atom. The summed E-state index contributed by atoms with van der Waals surface area (Å²) in [5.41, 5.74) is 9.24. The van der Waals surface area contributed by atoms with Crippen molar-refractivity contribution in [3.63, 3.8) is 0 Å². The molecular weight excluding hydrogens is 483 g/mol. The van der Waals surface area contributed by atoms with Crippen LogP contribution in [0.1, 0.15) is 72.9 Å². The Morgan fingerprint density at radius 2 is 1.79 bits per heavy atom. The smallest absolute Gasteiger partial charge is 0.256 e. The van der Waals surface area contributed by atoms with E-state index in [4.69, 9.17) is 20.6 Å². The zero-order valence-electron chi connectivity index (χ0n) is 21.5. The van der Waals surface area contributed by atoms with Crippen LogP contribution < -0.4 is 25.8 Å². The molecular formula is C30H33FN4O3. The molecule has 0 spiro atoms. The summed E-state index contributed by atoms with van der Waals surface area (Å²) in [5, 5.41) is 14.0. The summed E-state index contributed by atoms with van der Waals surface area (Å²) in [7, 11) is 0. The summed E-state index contributed by atoms with van der Waals surface area (Å²) in [4.78, 5) is 12.9. The third-order valence-corrected chi connectivity index (χ3v) is 7.47. The van der Waals surface area contributed by atoms with Crippen LogP contribution in [0, 0.1) is 17.1 Å². The number of amides is 1. The van der Waals surface area contributed by atoms with Gasteiger partial charge in [-0.05, 0) is 72.7 Å². The van der Waals surface area contributed by atoms with Gasteiger partial charge in [-0.2, -0.15) is 0 Å². The highest BCUT2D eigenvalue weighted by Crippen LogP contribution is 2.42. The maximum absolute atomic E-state index is 14.4. The summed E-state index contributed by atoms with van der Waals surface area (Å²) in [6, 6.07) is 15.4. The normalized spacial score (nSPS) is 18.8. The molecule has 3 aromatic carbocycles. The monoisotopic (exact) mass is 516 g/mol. The maximum atomic E-state index is 14.4. The fourth-order valence-electron chi connectivity index (χ4n) is 5.23. The van der Waals surface area contributed by atoms with E-state index in [0.29, 0.717) is 34.2 Å². The SMILES string of the molecule is CC1CCCCC(c2ccc(C(=O)NC(=N)c3ccc(Nc4c(F)ccc5c4OCO5)cc3N)cc2)CC1. The van der Waals surface area contributed by atoms with Gasteiger partial charge in [-0.15, -0.1) is 0 Å². The molecule has 0 radical (unpaired) electrons. The molecule has 1 aliphatic carbocycles. The molecule has 2 aliphatic rings. The highest BCUT2D eigenvalue weighted by Gasteiger charge is 2.22. The van der Waals surface area contributed by atoms with Crippen LogP contribution in [-0.4, -0.2) is 18.5 Å². The van der Waals surface area contributed by atoms with Crippen molar-refractivity contribution in [1.82, 2.24) is 5.32 Å². The minimum atomic E-state index is -0.493. The topological polar surface area (TPSA) is 109 Å². The highest BCUT2D eigenvalue weighted by molar-refractivity contribution is 6.13. The number of anilines is 3. The van der Waals surface area contributed by atoms with Gasteiger partial charge in [0.1, 0.15) is 11.5 Å². The van der Waals surface area contributed by atoms with Crippen molar-refractivity contribution in [2.24, 2.45) is 5.92 Å². The second kappa shape index (κ2) is 11.1. The minimum absolute atomic E-state index is 0.0218. The number of amidine groups is 1. The van der Waals surface area contributed by atoms with Crippen LogP contribution in [0.4, 0.5) is 21.5 Å². The van der Waals surface area contributed by atoms with E-state index in [1.807, 2.05) is 24.3 Å². The van der Waals surface area contributed by atoms with Gasteiger partial charge in [0.15, 0.2) is 17.3 Å². The molecule has 2 unspecified atom stereocenters. The molecule has 2 atom stereocenters. The summed E-state index contributed by atoms with van der Waals surface area (Å²) < 4.78 is 25.1. The number of nitrogen functional groups attached to an aromatic ring is 1. The first-order chi connectivity index (χ1) is 18.4. The van der Waals surface area contributed by atoms with Gasteiger partial charge in [-0.3, -0.25) is 10.2 Å². The van der Waals surface area contributed by atoms with Gasteiger partial charge in [0.05, 0.1) is 0 Å². The molecule has 1 saturated carbocycles. The molecule has 3 aromatic rings. The minimum Gasteiger partial charge on any atom is -0.454 e. The molecule has 0 aromatic heterocycles. The van der Waals surface area contributed by atoms with Crippen molar-refractivity contribution in [1.29, 1.82) is 5.41 Å². The first-order valence-electron chi connectivity index (χ1n) is 13.1. The third-order valence-electron chi connectivity index (χ3n) is 7.47. The summed E-state index contributed by atoms with van der Waals surface area (Å²) in [6.45, 7) is 2.36. The first kappa shape index (κ1) is 25.6. The zero-order chi connectivity index (χ0) is 26.6. The van der Waals surface area contributed by atoms with Gasteiger partial charge in [-0.1, -0.05) is 44.7 Å². The lowest BCUT2D eigenvalue weighted by molar-refractivity contribution is 0.0977. The van der Waals surface area contributed by atoms with Crippen LogP contribution in [0.25, 0.3) is 0 Å². The Bertz CT molecular complexity index is 1340. The van der Waals surface area contributed by atoms with Gasteiger partial charge in [0.2, 0.25) is 6.79 Å². The molecule has 38 heavy (non-hydrogen) atoms. The molecule has 198 valence electrons. The van der Waals surface area contributed by atoms with Crippen LogP contribution in [0.15, 0.2) is 54.6 Å². The summed E-state index contributed by atoms with van der Waals surface area (Å²) >= 11 is 0. The van der Waals surface area contributed by atoms with Crippen LogP contribution in [0.5, 0.6) is 11.5 Å². The van der Waals surface area contributed by atoms with E-state index >= 15 is 0 Å². The molecule has 8 heteroatoms. The lowest BCUT2D eigenvalue weighted by Gasteiger charge is -2.23. The van der Waals surface area contributed by atoms with E-state index in [-0.39, 0.29) is 29.9 Å². The fraction of sp³-hybridized carbons (Fsp3) is 0.333. The van der Waals surface area contributed by atoms with Crippen LogP contribution in [0.2, 0.25) is 0 Å². The largest absolute Gasteiger partial charge is 0.454 e.